The molecule has 9 heteroatoms. The van der Waals surface area contributed by atoms with E-state index in [4.69, 9.17) is 17.3 Å². The Balaban J connectivity index is 2.07. The molecule has 3 rings (SSSR count). The van der Waals surface area contributed by atoms with Gasteiger partial charge < -0.3 is 5.73 Å². The average Bonchev–Trinajstić information content (AvgIpc) is 2.97. The molecule has 1 heterocycles. The Bertz CT molecular complexity index is 1110. The first kappa shape index (κ1) is 19.5. The van der Waals surface area contributed by atoms with Gasteiger partial charge in [0.15, 0.2) is 5.69 Å². The van der Waals surface area contributed by atoms with Crippen molar-refractivity contribution in [2.75, 3.05) is 5.73 Å². The molecule has 142 valence electrons. The van der Waals surface area contributed by atoms with E-state index < -0.39 is 17.5 Å². The summed E-state index contributed by atoms with van der Waals surface area (Å²) in [6.45, 7) is 1.76. The highest BCUT2D eigenvalue weighted by Gasteiger charge is 2.31. The molecular formula is C19H12ClF3N4O. The summed E-state index contributed by atoms with van der Waals surface area (Å²) in [5.41, 5.74) is 5.90. The fourth-order valence-electron chi connectivity index (χ4n) is 2.69. The van der Waals surface area contributed by atoms with Crippen molar-refractivity contribution in [3.05, 3.63) is 75.4 Å². The Morgan fingerprint density at radius 1 is 1.21 bits per heavy atom. The highest BCUT2D eigenvalue weighted by molar-refractivity contribution is 6.30. The minimum Gasteiger partial charge on any atom is -0.382 e. The van der Waals surface area contributed by atoms with Gasteiger partial charge in [-0.3, -0.25) is 4.79 Å². The lowest BCUT2D eigenvalue weighted by Crippen LogP contribution is -2.08. The molecule has 0 aliphatic rings. The molecule has 3 aromatic rings. The molecule has 0 unspecified atom stereocenters. The minimum absolute atomic E-state index is 0.0398. The highest BCUT2D eigenvalue weighted by atomic mass is 35.5. The third kappa shape index (κ3) is 3.44. The molecule has 0 saturated heterocycles. The van der Waals surface area contributed by atoms with Gasteiger partial charge >= 0.3 is 6.18 Å². The second kappa shape index (κ2) is 7.02. The van der Waals surface area contributed by atoms with E-state index in [1.54, 1.807) is 25.1 Å². The van der Waals surface area contributed by atoms with Crippen LogP contribution in [-0.2, 0) is 6.18 Å². The number of alkyl halides is 3. The fraction of sp³-hybridized carbons (Fsp3) is 0.105. The number of aromatic nitrogens is 2. The summed E-state index contributed by atoms with van der Waals surface area (Å²) in [5, 5.41) is 14.1. The quantitative estimate of drug-likeness (QED) is 0.649. The monoisotopic (exact) mass is 404 g/mol. The number of hydrogen-bond acceptors (Lipinski definition) is 4. The van der Waals surface area contributed by atoms with E-state index in [2.05, 4.69) is 5.10 Å². The van der Waals surface area contributed by atoms with Gasteiger partial charge in [-0.1, -0.05) is 23.7 Å². The molecule has 0 amide bonds. The summed E-state index contributed by atoms with van der Waals surface area (Å²) in [5.74, 6) is -0.759. The molecule has 28 heavy (non-hydrogen) atoms. The molecule has 0 fully saturated rings. The largest absolute Gasteiger partial charge is 0.416 e. The number of carbonyl (C=O) groups is 1. The van der Waals surface area contributed by atoms with Crippen molar-refractivity contribution in [1.82, 2.24) is 9.78 Å². The number of aryl methyl sites for hydroxylation is 1. The molecule has 2 N–H and O–H groups in total. The van der Waals surface area contributed by atoms with E-state index in [-0.39, 0.29) is 22.6 Å². The maximum atomic E-state index is 12.7. The third-order valence-electron chi connectivity index (χ3n) is 4.11. The average molecular weight is 405 g/mol. The number of nitriles is 1. The third-order valence-corrected chi connectivity index (χ3v) is 4.34. The van der Waals surface area contributed by atoms with Gasteiger partial charge in [0.05, 0.1) is 11.3 Å². The molecule has 0 aliphatic carbocycles. The molecule has 0 saturated carbocycles. The zero-order valence-corrected chi connectivity index (χ0v) is 15.1. The first-order valence-electron chi connectivity index (χ1n) is 7.90. The van der Waals surface area contributed by atoms with Crippen molar-refractivity contribution in [1.29, 1.82) is 5.26 Å². The van der Waals surface area contributed by atoms with Gasteiger partial charge in [0, 0.05) is 10.6 Å². The number of benzene rings is 2. The molecule has 2 aromatic carbocycles. The van der Waals surface area contributed by atoms with E-state index in [0.717, 1.165) is 24.3 Å². The number of halogens is 4. The van der Waals surface area contributed by atoms with Crippen molar-refractivity contribution in [3.8, 4) is 11.8 Å². The van der Waals surface area contributed by atoms with E-state index in [9.17, 15) is 23.2 Å². The Labute approximate surface area is 162 Å². The van der Waals surface area contributed by atoms with Crippen molar-refractivity contribution >= 4 is 23.2 Å². The predicted octanol–water partition coefficient (Wildman–Crippen LogP) is 4.54. The van der Waals surface area contributed by atoms with Crippen LogP contribution in [0.4, 0.5) is 19.0 Å². The van der Waals surface area contributed by atoms with Gasteiger partial charge in [0.2, 0.25) is 5.78 Å². The van der Waals surface area contributed by atoms with Crippen LogP contribution < -0.4 is 5.73 Å². The van der Waals surface area contributed by atoms with Gasteiger partial charge in [-0.05, 0) is 42.8 Å². The minimum atomic E-state index is -4.52. The standard InChI is InChI=1S/C19H12ClF3N4O/c1-10-8-13(20)6-7-15(10)27-18(25)14(9-24)16(26-27)17(28)11-2-4-12(5-3-11)19(21,22)23/h2-8H,25H2,1H3. The number of nitrogens with two attached hydrogens (primary N) is 1. The maximum Gasteiger partial charge on any atom is 0.416 e. The summed E-state index contributed by atoms with van der Waals surface area (Å²) in [4.78, 5) is 12.7. The van der Waals surface area contributed by atoms with Crippen LogP contribution >= 0.6 is 11.6 Å². The second-order valence-electron chi connectivity index (χ2n) is 5.97. The highest BCUT2D eigenvalue weighted by Crippen LogP contribution is 2.30. The van der Waals surface area contributed by atoms with E-state index in [1.165, 1.54) is 4.68 Å². The Morgan fingerprint density at radius 2 is 1.86 bits per heavy atom. The predicted molar refractivity (Wildman–Crippen MR) is 97.3 cm³/mol. The number of carbonyl (C=O) groups excluding carboxylic acids is 1. The number of nitrogens with zero attached hydrogens (tertiary/aromatic N) is 3. The van der Waals surface area contributed by atoms with Crippen LogP contribution in [0.2, 0.25) is 5.02 Å². The number of anilines is 1. The number of hydrogen-bond donors (Lipinski definition) is 1. The molecule has 0 spiro atoms. The van der Waals surface area contributed by atoms with Crippen LogP contribution in [0.3, 0.4) is 0 Å². The molecule has 1 aromatic heterocycles. The Kier molecular flexibility index (Phi) is 4.87. The second-order valence-corrected chi connectivity index (χ2v) is 6.40. The Morgan fingerprint density at radius 3 is 2.39 bits per heavy atom. The normalized spacial score (nSPS) is 11.3. The first-order valence-corrected chi connectivity index (χ1v) is 8.28. The summed E-state index contributed by atoms with van der Waals surface area (Å²) < 4.78 is 39.3. The van der Waals surface area contributed by atoms with Crippen LogP contribution in [-0.4, -0.2) is 15.6 Å². The SMILES string of the molecule is Cc1cc(Cl)ccc1-n1nc(C(=O)c2ccc(C(F)(F)F)cc2)c(C#N)c1N. The number of ketones is 1. The van der Waals surface area contributed by atoms with E-state index in [0.29, 0.717) is 16.3 Å². The Hall–Kier alpha value is -3.31. The lowest BCUT2D eigenvalue weighted by atomic mass is 10.0. The van der Waals surface area contributed by atoms with E-state index >= 15 is 0 Å². The smallest absolute Gasteiger partial charge is 0.382 e. The van der Waals surface area contributed by atoms with Gasteiger partial charge in [0.25, 0.3) is 0 Å². The van der Waals surface area contributed by atoms with Crippen LogP contribution in [0.15, 0.2) is 42.5 Å². The summed E-state index contributed by atoms with van der Waals surface area (Å²) in [6.07, 6.45) is -4.52. The van der Waals surface area contributed by atoms with Crippen molar-refractivity contribution in [2.45, 2.75) is 13.1 Å². The lowest BCUT2D eigenvalue weighted by Gasteiger charge is -2.08. The summed E-state index contributed by atoms with van der Waals surface area (Å²) >= 11 is 5.94. The summed E-state index contributed by atoms with van der Waals surface area (Å²) in [6, 6.07) is 10.4. The molecule has 0 atom stereocenters. The maximum absolute atomic E-state index is 12.7. The zero-order valence-electron chi connectivity index (χ0n) is 14.4. The number of rotatable bonds is 3. The first-order chi connectivity index (χ1) is 13.1. The number of nitrogen functional groups attached to an aromatic ring is 1. The molecule has 5 nitrogen and oxygen atoms in total. The molecule has 0 aliphatic heterocycles. The van der Waals surface area contributed by atoms with Crippen LogP contribution in [0, 0.1) is 18.3 Å². The van der Waals surface area contributed by atoms with Crippen LogP contribution in [0.25, 0.3) is 5.69 Å². The van der Waals surface area contributed by atoms with Gasteiger partial charge in [-0.15, -0.1) is 0 Å². The van der Waals surface area contributed by atoms with Crippen LogP contribution in [0.1, 0.15) is 32.7 Å². The lowest BCUT2D eigenvalue weighted by molar-refractivity contribution is -0.137. The fourth-order valence-corrected chi connectivity index (χ4v) is 2.91. The van der Waals surface area contributed by atoms with Gasteiger partial charge in [-0.25, -0.2) is 4.68 Å². The summed E-state index contributed by atoms with van der Waals surface area (Å²) in [7, 11) is 0. The van der Waals surface area contributed by atoms with Crippen molar-refractivity contribution < 1.29 is 18.0 Å². The zero-order chi connectivity index (χ0) is 20.6. The van der Waals surface area contributed by atoms with E-state index in [1.807, 2.05) is 6.07 Å². The topological polar surface area (TPSA) is 84.7 Å². The van der Waals surface area contributed by atoms with Crippen molar-refractivity contribution in [3.63, 3.8) is 0 Å². The van der Waals surface area contributed by atoms with Crippen LogP contribution in [0.5, 0.6) is 0 Å². The molecule has 0 bridgehead atoms. The molecular weight excluding hydrogens is 393 g/mol. The van der Waals surface area contributed by atoms with Crippen molar-refractivity contribution in [2.24, 2.45) is 0 Å². The molecule has 0 radical (unpaired) electrons. The van der Waals surface area contributed by atoms with Gasteiger partial charge in [-0.2, -0.15) is 23.5 Å². The van der Waals surface area contributed by atoms with Gasteiger partial charge in [0.1, 0.15) is 17.5 Å².